The van der Waals surface area contributed by atoms with Crippen molar-refractivity contribution >= 4 is 0 Å². The molecule has 118 valence electrons. The number of rotatable bonds is 9. The van der Waals surface area contributed by atoms with E-state index in [1.54, 1.807) is 0 Å². The van der Waals surface area contributed by atoms with Crippen molar-refractivity contribution in [2.75, 3.05) is 26.7 Å². The first-order valence-corrected chi connectivity index (χ1v) is 8.33. The fourth-order valence-electron chi connectivity index (χ4n) is 2.67. The second-order valence-corrected chi connectivity index (χ2v) is 6.08. The molecule has 1 aliphatic carbocycles. The third-order valence-corrected chi connectivity index (χ3v) is 4.37. The van der Waals surface area contributed by atoms with E-state index in [2.05, 4.69) is 49.2 Å². The highest BCUT2D eigenvalue weighted by Crippen LogP contribution is 2.31. The van der Waals surface area contributed by atoms with E-state index >= 15 is 0 Å². The molecule has 1 aromatic rings. The Balaban J connectivity index is 2.15. The van der Waals surface area contributed by atoms with E-state index in [0.29, 0.717) is 6.04 Å². The molecule has 3 nitrogen and oxygen atoms in total. The summed E-state index contributed by atoms with van der Waals surface area (Å²) in [4.78, 5) is 2.54. The molecule has 1 fully saturated rings. The lowest BCUT2D eigenvalue weighted by atomic mass is 10.0. The number of benzene rings is 1. The van der Waals surface area contributed by atoms with Gasteiger partial charge >= 0.3 is 0 Å². The van der Waals surface area contributed by atoms with Crippen molar-refractivity contribution in [3.05, 3.63) is 29.3 Å². The Hall–Kier alpha value is -1.06. The van der Waals surface area contributed by atoms with Gasteiger partial charge in [0.15, 0.2) is 0 Å². The maximum atomic E-state index is 5.82. The van der Waals surface area contributed by atoms with E-state index in [1.807, 2.05) is 7.05 Å². The summed E-state index contributed by atoms with van der Waals surface area (Å²) in [6.45, 7) is 10.6. The first-order valence-electron chi connectivity index (χ1n) is 8.33. The van der Waals surface area contributed by atoms with Crippen LogP contribution in [0.5, 0.6) is 5.75 Å². The summed E-state index contributed by atoms with van der Waals surface area (Å²) in [5.41, 5.74) is 2.65. The highest BCUT2D eigenvalue weighted by Gasteiger charge is 2.24. The molecule has 1 N–H and O–H groups in total. The first-order chi connectivity index (χ1) is 10.2. The van der Waals surface area contributed by atoms with Gasteiger partial charge in [-0.15, -0.1) is 0 Å². The van der Waals surface area contributed by atoms with Crippen LogP contribution in [0.4, 0.5) is 0 Å². The number of nitrogens with one attached hydrogen (secondary N) is 1. The van der Waals surface area contributed by atoms with Crippen LogP contribution in [0.3, 0.4) is 0 Å². The molecule has 0 amide bonds. The van der Waals surface area contributed by atoms with E-state index in [9.17, 15) is 0 Å². The number of ether oxygens (including phenoxy) is 1. The Bertz CT molecular complexity index is 443. The van der Waals surface area contributed by atoms with Gasteiger partial charge in [0.25, 0.3) is 0 Å². The highest BCUT2D eigenvalue weighted by molar-refractivity contribution is 5.38. The Morgan fingerprint density at radius 1 is 1.33 bits per heavy atom. The lowest BCUT2D eigenvalue weighted by Crippen LogP contribution is -2.25. The second kappa shape index (κ2) is 7.81. The van der Waals surface area contributed by atoms with Crippen LogP contribution in [0.15, 0.2) is 18.2 Å². The summed E-state index contributed by atoms with van der Waals surface area (Å²) in [7, 11) is 2.01. The molecule has 21 heavy (non-hydrogen) atoms. The van der Waals surface area contributed by atoms with Crippen LogP contribution < -0.4 is 10.1 Å². The summed E-state index contributed by atoms with van der Waals surface area (Å²) < 4.78 is 5.82. The Morgan fingerprint density at radius 3 is 2.67 bits per heavy atom. The average molecular weight is 290 g/mol. The summed E-state index contributed by atoms with van der Waals surface area (Å²) in [5, 5.41) is 3.31. The van der Waals surface area contributed by atoms with Crippen molar-refractivity contribution in [2.24, 2.45) is 5.92 Å². The van der Waals surface area contributed by atoms with Crippen molar-refractivity contribution in [3.63, 3.8) is 0 Å². The fourth-order valence-corrected chi connectivity index (χ4v) is 2.67. The molecule has 0 radical (unpaired) electrons. The van der Waals surface area contributed by atoms with Gasteiger partial charge in [-0.2, -0.15) is 0 Å². The van der Waals surface area contributed by atoms with Gasteiger partial charge in [0, 0.05) is 24.7 Å². The minimum atomic E-state index is 0.373. The molecule has 3 heteroatoms. The van der Waals surface area contributed by atoms with Crippen LogP contribution in [-0.4, -0.2) is 31.6 Å². The van der Waals surface area contributed by atoms with Gasteiger partial charge in [-0.05, 0) is 63.9 Å². The molecule has 0 spiro atoms. The van der Waals surface area contributed by atoms with Gasteiger partial charge in [-0.25, -0.2) is 0 Å². The summed E-state index contributed by atoms with van der Waals surface area (Å²) in [5.74, 6) is 1.97. The van der Waals surface area contributed by atoms with Crippen molar-refractivity contribution < 1.29 is 4.74 Å². The molecular weight excluding hydrogens is 260 g/mol. The summed E-state index contributed by atoms with van der Waals surface area (Å²) in [6.07, 6.45) is 2.82. The van der Waals surface area contributed by atoms with Crippen LogP contribution in [0, 0.1) is 5.92 Å². The Morgan fingerprint density at radius 2 is 2.10 bits per heavy atom. The van der Waals surface area contributed by atoms with Crippen LogP contribution >= 0.6 is 0 Å². The highest BCUT2D eigenvalue weighted by atomic mass is 16.5. The minimum Gasteiger partial charge on any atom is -0.494 e. The van der Waals surface area contributed by atoms with Gasteiger partial charge < -0.3 is 10.1 Å². The van der Waals surface area contributed by atoms with E-state index in [4.69, 9.17) is 4.74 Å². The zero-order valence-corrected chi connectivity index (χ0v) is 14.0. The number of hydrogen-bond acceptors (Lipinski definition) is 3. The molecule has 1 saturated carbocycles. The van der Waals surface area contributed by atoms with Crippen LogP contribution in [-0.2, 0) is 6.54 Å². The molecule has 1 unspecified atom stereocenters. The fraction of sp³-hybridized carbons (Fsp3) is 0.667. The molecule has 0 aromatic heterocycles. The normalized spacial score (nSPS) is 16.2. The van der Waals surface area contributed by atoms with E-state index in [-0.39, 0.29) is 0 Å². The summed E-state index contributed by atoms with van der Waals surface area (Å²) >= 11 is 0. The molecule has 0 aliphatic heterocycles. The second-order valence-electron chi connectivity index (χ2n) is 6.08. The van der Waals surface area contributed by atoms with E-state index in [0.717, 1.165) is 31.4 Å². The van der Waals surface area contributed by atoms with Crippen LogP contribution in [0.2, 0.25) is 0 Å². The Kier molecular flexibility index (Phi) is 6.07. The van der Waals surface area contributed by atoms with Gasteiger partial charge in [0.05, 0.1) is 6.61 Å². The average Bonchev–Trinajstić information content (AvgIpc) is 3.31. The molecule has 1 atom stereocenters. The quantitative estimate of drug-likeness (QED) is 0.752. The van der Waals surface area contributed by atoms with Gasteiger partial charge in [0.2, 0.25) is 0 Å². The standard InChI is InChI=1S/C18H30N2O/c1-5-20(12-15-7-8-15)13-17-11-16(14(3)19-4)9-10-18(17)21-6-2/h9-11,14-15,19H,5-8,12-13H2,1-4H3. The van der Waals surface area contributed by atoms with Crippen LogP contribution in [0.25, 0.3) is 0 Å². The van der Waals surface area contributed by atoms with Crippen LogP contribution in [0.1, 0.15) is 50.8 Å². The molecule has 0 bridgehead atoms. The smallest absolute Gasteiger partial charge is 0.123 e. The maximum Gasteiger partial charge on any atom is 0.123 e. The van der Waals surface area contributed by atoms with Crippen molar-refractivity contribution in [1.29, 1.82) is 0 Å². The van der Waals surface area contributed by atoms with Crippen molar-refractivity contribution in [2.45, 2.75) is 46.2 Å². The van der Waals surface area contributed by atoms with Gasteiger partial charge in [-0.3, -0.25) is 4.90 Å². The Labute approximate surface area is 129 Å². The molecule has 1 aromatic carbocycles. The zero-order chi connectivity index (χ0) is 15.2. The molecule has 2 rings (SSSR count). The summed E-state index contributed by atoms with van der Waals surface area (Å²) in [6, 6.07) is 6.99. The van der Waals surface area contributed by atoms with Crippen molar-refractivity contribution in [3.8, 4) is 5.75 Å². The largest absolute Gasteiger partial charge is 0.494 e. The topological polar surface area (TPSA) is 24.5 Å². The van der Waals surface area contributed by atoms with Crippen molar-refractivity contribution in [1.82, 2.24) is 10.2 Å². The third-order valence-electron chi connectivity index (χ3n) is 4.37. The molecular formula is C18H30N2O. The van der Waals surface area contributed by atoms with Gasteiger partial charge in [0.1, 0.15) is 5.75 Å². The minimum absolute atomic E-state index is 0.373. The molecule has 0 heterocycles. The lowest BCUT2D eigenvalue weighted by Gasteiger charge is -2.23. The first kappa shape index (κ1) is 16.3. The third kappa shape index (κ3) is 4.72. The van der Waals surface area contributed by atoms with E-state index in [1.165, 1.54) is 30.5 Å². The zero-order valence-electron chi connectivity index (χ0n) is 14.0. The number of hydrogen-bond donors (Lipinski definition) is 1. The lowest BCUT2D eigenvalue weighted by molar-refractivity contribution is 0.259. The predicted octanol–water partition coefficient (Wildman–Crippen LogP) is 3.60. The monoisotopic (exact) mass is 290 g/mol. The van der Waals surface area contributed by atoms with E-state index < -0.39 is 0 Å². The number of nitrogens with zero attached hydrogens (tertiary/aromatic N) is 1. The predicted molar refractivity (Wildman–Crippen MR) is 88.8 cm³/mol. The molecule has 0 saturated heterocycles. The van der Waals surface area contributed by atoms with Gasteiger partial charge in [-0.1, -0.05) is 13.0 Å². The molecule has 1 aliphatic rings. The SMILES string of the molecule is CCOc1ccc(C(C)NC)cc1CN(CC)CC1CC1. The maximum absolute atomic E-state index is 5.82.